The van der Waals surface area contributed by atoms with Gasteiger partial charge in [0.05, 0.1) is 37.1 Å². The molecule has 0 bridgehead atoms. The average Bonchev–Trinajstić information content (AvgIpc) is 3.69. The molecule has 35 heavy (non-hydrogen) atoms. The largest absolute Gasteiger partial charge is 0.361 e. The molecule has 0 fully saturated rings. The van der Waals surface area contributed by atoms with Crippen molar-refractivity contribution in [3.8, 4) is 0 Å². The van der Waals surface area contributed by atoms with Gasteiger partial charge in [0.1, 0.15) is 0 Å². The van der Waals surface area contributed by atoms with Crippen LogP contribution in [0.2, 0.25) is 0 Å². The van der Waals surface area contributed by atoms with Gasteiger partial charge in [0.15, 0.2) is 0 Å². The second-order valence-corrected chi connectivity index (χ2v) is 7.88. The third kappa shape index (κ3) is 4.63. The van der Waals surface area contributed by atoms with Crippen LogP contribution in [0.5, 0.6) is 0 Å². The molecule has 0 aliphatic rings. The fourth-order valence-electron chi connectivity index (χ4n) is 3.76. The fourth-order valence-corrected chi connectivity index (χ4v) is 3.76. The maximum atomic E-state index is 7.00. The minimum absolute atomic E-state index is 0.419. The Morgan fingerprint density at radius 2 is 1.49 bits per heavy atom. The molecule has 0 radical (unpaired) electrons. The van der Waals surface area contributed by atoms with E-state index >= 15 is 0 Å². The van der Waals surface area contributed by atoms with Crippen molar-refractivity contribution >= 4 is 33.7 Å². The topological polar surface area (TPSA) is 90.9 Å². The Balaban J connectivity index is 0.000000145. The number of aryl methyl sites for hydroxylation is 1. The minimum atomic E-state index is 0.419. The summed E-state index contributed by atoms with van der Waals surface area (Å²) < 4.78 is 5.92. The van der Waals surface area contributed by atoms with E-state index < -0.39 is 0 Å². The van der Waals surface area contributed by atoms with Gasteiger partial charge in [-0.25, -0.2) is 9.97 Å². The first-order valence-electron chi connectivity index (χ1n) is 10.7. The molecular weight excluding hydrogens is 440 g/mol. The number of rotatable bonds is 4. The molecule has 0 spiro atoms. The summed E-state index contributed by atoms with van der Waals surface area (Å²) in [5, 5.41) is 2.08. The lowest BCUT2D eigenvalue weighted by molar-refractivity contribution is 0.803. The lowest BCUT2D eigenvalue weighted by atomic mass is 10.3. The van der Waals surface area contributed by atoms with E-state index in [1.807, 2.05) is 63.6 Å². The number of pyridine rings is 2. The number of H-pyrrole nitrogens is 1. The van der Waals surface area contributed by atoms with Gasteiger partial charge in [0.2, 0.25) is 11.3 Å². The summed E-state index contributed by atoms with van der Waals surface area (Å²) in [5.74, 6) is 0.838. The highest BCUT2D eigenvalue weighted by Crippen LogP contribution is 2.20. The van der Waals surface area contributed by atoms with Crippen LogP contribution in [-0.2, 0) is 20.1 Å². The van der Waals surface area contributed by atoms with Crippen LogP contribution in [0.4, 0.5) is 11.6 Å². The summed E-state index contributed by atoms with van der Waals surface area (Å²) in [4.78, 5) is 26.7. The van der Waals surface area contributed by atoms with Crippen LogP contribution in [0.25, 0.3) is 31.8 Å². The quantitative estimate of drug-likeness (QED) is 0.385. The summed E-state index contributed by atoms with van der Waals surface area (Å²) >= 11 is 0. The molecule has 0 aliphatic heterocycles. The van der Waals surface area contributed by atoms with Crippen LogP contribution in [-0.4, -0.2) is 38.6 Å². The molecule has 10 nitrogen and oxygen atoms in total. The Bertz CT molecular complexity index is 1690. The molecule has 0 atom stereocenters. The molecule has 0 aromatic carbocycles. The molecular formula is C25H20N10. The van der Waals surface area contributed by atoms with Crippen molar-refractivity contribution in [1.29, 1.82) is 0 Å². The Kier molecular flexibility index (Phi) is 5.76. The molecule has 0 saturated heterocycles. The van der Waals surface area contributed by atoms with Gasteiger partial charge in [-0.2, -0.15) is 0 Å². The molecule has 0 unspecified atom stereocenters. The van der Waals surface area contributed by atoms with Crippen LogP contribution in [0.1, 0.15) is 11.4 Å². The van der Waals surface area contributed by atoms with E-state index in [2.05, 4.69) is 34.6 Å². The summed E-state index contributed by atoms with van der Waals surface area (Å²) in [6.07, 6.45) is 11.1. The zero-order valence-corrected chi connectivity index (χ0v) is 18.9. The van der Waals surface area contributed by atoms with Gasteiger partial charge in [-0.3, -0.25) is 0 Å². The van der Waals surface area contributed by atoms with Crippen LogP contribution >= 0.6 is 0 Å². The predicted octanol–water partition coefficient (Wildman–Crippen LogP) is 4.73. The van der Waals surface area contributed by atoms with E-state index in [-0.39, 0.29) is 0 Å². The minimum Gasteiger partial charge on any atom is -0.361 e. The van der Waals surface area contributed by atoms with Crippen LogP contribution < -0.4 is 0 Å². The standard InChI is InChI=1S/C13H11N5.C12H9N5/c1-14-12-4-3-10-5-6-18(13(10)16-12)8-11-7-17(2)9-15-11;1-13-11-3-2-9-4-5-17(12(9)16-11)7-10-6-14-8-15-10/h3-7,9H,8H2,2H3;2-6,8H,7H2,(H,14,15). The molecule has 6 aromatic rings. The van der Waals surface area contributed by atoms with Crippen molar-refractivity contribution in [3.63, 3.8) is 0 Å². The average molecular weight is 461 g/mol. The second-order valence-electron chi connectivity index (χ2n) is 7.88. The Hall–Kier alpha value is -5.22. The van der Waals surface area contributed by atoms with E-state index in [1.54, 1.807) is 31.0 Å². The van der Waals surface area contributed by atoms with Gasteiger partial charge in [0.25, 0.3) is 11.6 Å². The van der Waals surface area contributed by atoms with Crippen LogP contribution in [0, 0.1) is 13.1 Å². The SMILES string of the molecule is [C-]#[N+]c1ccc2ccn(Cc3cn(C)cn3)c2n1.[C-]#[N+]c1ccc2ccn(Cc3cnc[nH]3)c2n1. The van der Waals surface area contributed by atoms with E-state index in [1.165, 1.54) is 0 Å². The van der Waals surface area contributed by atoms with Gasteiger partial charge >= 0.3 is 0 Å². The lowest BCUT2D eigenvalue weighted by Crippen LogP contribution is -1.99. The molecule has 0 aliphatic carbocycles. The maximum absolute atomic E-state index is 7.00. The molecule has 10 heteroatoms. The van der Waals surface area contributed by atoms with Crippen molar-refractivity contribution in [2.45, 2.75) is 13.1 Å². The molecule has 170 valence electrons. The van der Waals surface area contributed by atoms with Gasteiger partial charge < -0.3 is 28.4 Å². The predicted molar refractivity (Wildman–Crippen MR) is 132 cm³/mol. The Morgan fingerprint density at radius 3 is 2.00 bits per heavy atom. The maximum Gasteiger partial charge on any atom is 0.271 e. The first kappa shape index (κ1) is 21.6. The number of imidazole rings is 2. The second kappa shape index (κ2) is 9.33. The third-order valence-electron chi connectivity index (χ3n) is 5.41. The fraction of sp³-hybridized carbons (Fsp3) is 0.120. The van der Waals surface area contributed by atoms with Crippen molar-refractivity contribution in [2.75, 3.05) is 0 Å². The highest BCUT2D eigenvalue weighted by Gasteiger charge is 2.09. The first-order valence-corrected chi connectivity index (χ1v) is 10.7. The highest BCUT2D eigenvalue weighted by atomic mass is 15.1. The monoisotopic (exact) mass is 460 g/mol. The van der Waals surface area contributed by atoms with Crippen molar-refractivity contribution in [1.82, 2.24) is 38.6 Å². The molecule has 6 aromatic heterocycles. The number of nitrogens with one attached hydrogen (secondary N) is 1. The zero-order chi connectivity index (χ0) is 24.2. The van der Waals surface area contributed by atoms with E-state index in [9.17, 15) is 0 Å². The van der Waals surface area contributed by atoms with E-state index in [4.69, 9.17) is 13.1 Å². The number of aromatic amines is 1. The van der Waals surface area contributed by atoms with Gasteiger partial charge in [-0.05, 0) is 24.3 Å². The van der Waals surface area contributed by atoms with Gasteiger partial charge in [-0.1, -0.05) is 25.3 Å². The molecule has 1 N–H and O–H groups in total. The van der Waals surface area contributed by atoms with Crippen LogP contribution in [0.15, 0.2) is 73.8 Å². The number of hydrogen-bond acceptors (Lipinski definition) is 4. The van der Waals surface area contributed by atoms with Crippen molar-refractivity contribution in [3.05, 3.63) is 108 Å². The highest BCUT2D eigenvalue weighted by molar-refractivity contribution is 5.79. The van der Waals surface area contributed by atoms with Crippen molar-refractivity contribution in [2.24, 2.45) is 7.05 Å². The molecule has 0 saturated carbocycles. The Morgan fingerprint density at radius 1 is 0.857 bits per heavy atom. The third-order valence-corrected chi connectivity index (χ3v) is 5.41. The van der Waals surface area contributed by atoms with Gasteiger partial charge in [-0.15, -0.1) is 9.97 Å². The van der Waals surface area contributed by atoms with Crippen LogP contribution in [0.3, 0.4) is 0 Å². The smallest absolute Gasteiger partial charge is 0.271 e. The lowest BCUT2D eigenvalue weighted by Gasteiger charge is -1.99. The Labute approximate surface area is 200 Å². The molecule has 6 rings (SSSR count). The number of fused-ring (bicyclic) bond motifs is 2. The number of hydrogen-bond donors (Lipinski definition) is 1. The molecule has 0 amide bonds. The normalized spacial score (nSPS) is 10.6. The number of aromatic nitrogens is 8. The first-order chi connectivity index (χ1) is 17.1. The van der Waals surface area contributed by atoms with E-state index in [0.29, 0.717) is 24.7 Å². The summed E-state index contributed by atoms with van der Waals surface area (Å²) in [7, 11) is 1.94. The summed E-state index contributed by atoms with van der Waals surface area (Å²) in [5.41, 5.74) is 3.64. The zero-order valence-electron chi connectivity index (χ0n) is 18.9. The van der Waals surface area contributed by atoms with Gasteiger partial charge in [0, 0.05) is 42.6 Å². The number of nitrogens with zero attached hydrogens (tertiary/aromatic N) is 9. The van der Waals surface area contributed by atoms with E-state index in [0.717, 1.165) is 33.5 Å². The summed E-state index contributed by atoms with van der Waals surface area (Å²) in [6.45, 7) is 15.3. The van der Waals surface area contributed by atoms with Crippen molar-refractivity contribution < 1.29 is 0 Å². The molecule has 6 heterocycles. The summed E-state index contributed by atoms with van der Waals surface area (Å²) in [6, 6.07) is 11.3.